The highest BCUT2D eigenvalue weighted by Crippen LogP contribution is 2.37. The zero-order chi connectivity index (χ0) is 8.58. The molecule has 0 heterocycles. The van der Waals surface area contributed by atoms with Gasteiger partial charge in [0.15, 0.2) is 5.67 Å². The van der Waals surface area contributed by atoms with Crippen molar-refractivity contribution in [2.45, 2.75) is 39.3 Å². The van der Waals surface area contributed by atoms with Crippen LogP contribution in [0.15, 0.2) is 0 Å². The molecule has 62 valence electrons. The molecule has 0 radical (unpaired) electrons. The number of alkyl halides is 3. The van der Waals surface area contributed by atoms with Crippen molar-refractivity contribution in [1.82, 2.24) is 0 Å². The largest absolute Gasteiger partial charge is 0.278 e. The summed E-state index contributed by atoms with van der Waals surface area (Å²) in [6.07, 6.45) is 0. The van der Waals surface area contributed by atoms with Gasteiger partial charge in [0.2, 0.25) is 0 Å². The first-order valence-electron chi connectivity index (χ1n) is 3.26. The van der Waals surface area contributed by atoms with Crippen LogP contribution in [0.4, 0.5) is 13.2 Å². The van der Waals surface area contributed by atoms with Crippen molar-refractivity contribution in [3.63, 3.8) is 0 Å². The molecule has 0 aliphatic carbocycles. The van der Waals surface area contributed by atoms with Gasteiger partial charge in [0, 0.05) is 6.92 Å². The molecule has 0 saturated carbocycles. The van der Waals surface area contributed by atoms with Crippen LogP contribution < -0.4 is 0 Å². The third-order valence-electron chi connectivity index (χ3n) is 1.94. The molecule has 1 unspecified atom stereocenters. The van der Waals surface area contributed by atoms with Crippen LogP contribution in [-0.2, 0) is 0 Å². The Morgan fingerprint density at radius 2 is 1.30 bits per heavy atom. The van der Waals surface area contributed by atoms with Crippen molar-refractivity contribution in [3.05, 3.63) is 0 Å². The van der Waals surface area contributed by atoms with E-state index in [-0.39, 0.29) is 0 Å². The molecule has 3 heteroatoms. The van der Waals surface area contributed by atoms with Gasteiger partial charge in [0.1, 0.15) is 0 Å². The van der Waals surface area contributed by atoms with Gasteiger partial charge in [-0.05, 0) is 12.8 Å². The van der Waals surface area contributed by atoms with E-state index < -0.39 is 17.5 Å². The van der Waals surface area contributed by atoms with Crippen molar-refractivity contribution < 1.29 is 13.2 Å². The molecular formula is C7H13F3. The average molecular weight is 154 g/mol. The van der Waals surface area contributed by atoms with Crippen molar-refractivity contribution in [1.29, 1.82) is 0 Å². The van der Waals surface area contributed by atoms with E-state index in [0.29, 0.717) is 6.92 Å². The van der Waals surface area contributed by atoms with Crippen molar-refractivity contribution in [2.24, 2.45) is 5.92 Å². The quantitative estimate of drug-likeness (QED) is 0.573. The Morgan fingerprint density at radius 1 is 1.00 bits per heavy atom. The van der Waals surface area contributed by atoms with Gasteiger partial charge < -0.3 is 0 Å². The van der Waals surface area contributed by atoms with Gasteiger partial charge >= 0.3 is 0 Å². The van der Waals surface area contributed by atoms with Crippen LogP contribution in [0.1, 0.15) is 27.7 Å². The van der Waals surface area contributed by atoms with E-state index in [0.717, 1.165) is 6.92 Å². The monoisotopic (exact) mass is 154 g/mol. The predicted octanol–water partition coefficient (Wildman–Crippen LogP) is 3.03. The van der Waals surface area contributed by atoms with Gasteiger partial charge in [-0.1, -0.05) is 13.8 Å². The zero-order valence-electron chi connectivity index (χ0n) is 6.71. The highest BCUT2D eigenvalue weighted by atomic mass is 19.3. The van der Waals surface area contributed by atoms with Gasteiger partial charge in [-0.15, -0.1) is 0 Å². The van der Waals surface area contributed by atoms with Crippen LogP contribution in [-0.4, -0.2) is 11.6 Å². The first-order valence-corrected chi connectivity index (χ1v) is 3.26. The van der Waals surface area contributed by atoms with Gasteiger partial charge in [-0.2, -0.15) is 0 Å². The minimum Gasteiger partial charge on any atom is -0.237 e. The molecule has 10 heavy (non-hydrogen) atoms. The molecule has 0 aliphatic heterocycles. The summed E-state index contributed by atoms with van der Waals surface area (Å²) in [7, 11) is 0. The molecule has 0 saturated heterocycles. The number of rotatable bonds is 2. The fourth-order valence-corrected chi connectivity index (χ4v) is 0.507. The third kappa shape index (κ3) is 1.64. The van der Waals surface area contributed by atoms with E-state index in [1.165, 1.54) is 13.8 Å². The van der Waals surface area contributed by atoms with E-state index in [4.69, 9.17) is 0 Å². The Hall–Kier alpha value is -0.210. The fraction of sp³-hybridized carbons (Fsp3) is 1.00. The average Bonchev–Trinajstić information content (AvgIpc) is 1.62. The Kier molecular flexibility index (Phi) is 2.39. The van der Waals surface area contributed by atoms with E-state index >= 15 is 0 Å². The zero-order valence-corrected chi connectivity index (χ0v) is 6.71. The minimum absolute atomic E-state index is 0.604. The van der Waals surface area contributed by atoms with Gasteiger partial charge in [0.05, 0.1) is 0 Å². The molecular weight excluding hydrogens is 141 g/mol. The standard InChI is InChI=1S/C7H13F3/c1-5(2)6(3,8)7(4,9)10/h5H,1-4H3. The number of halogens is 3. The number of hydrogen-bond donors (Lipinski definition) is 0. The normalized spacial score (nSPS) is 19.2. The maximum Gasteiger partial charge on any atom is 0.278 e. The summed E-state index contributed by atoms with van der Waals surface area (Å²) in [6, 6.07) is 0. The van der Waals surface area contributed by atoms with Gasteiger partial charge in [0.25, 0.3) is 5.92 Å². The van der Waals surface area contributed by atoms with E-state index in [2.05, 4.69) is 0 Å². The Balaban J connectivity index is 4.40. The molecule has 0 aromatic rings. The highest BCUT2D eigenvalue weighted by molar-refractivity contribution is 4.88. The lowest BCUT2D eigenvalue weighted by molar-refractivity contribution is -0.135. The van der Waals surface area contributed by atoms with Crippen molar-refractivity contribution in [2.75, 3.05) is 0 Å². The van der Waals surface area contributed by atoms with E-state index in [1.807, 2.05) is 0 Å². The SMILES string of the molecule is CC(C)C(C)(F)C(C)(F)F. The first kappa shape index (κ1) is 9.79. The van der Waals surface area contributed by atoms with Crippen molar-refractivity contribution >= 4 is 0 Å². The topological polar surface area (TPSA) is 0 Å². The molecule has 0 aromatic carbocycles. The summed E-state index contributed by atoms with van der Waals surface area (Å²) >= 11 is 0. The maximum atomic E-state index is 13.0. The molecule has 0 spiro atoms. The number of hydrogen-bond acceptors (Lipinski definition) is 0. The molecule has 0 aliphatic rings. The van der Waals surface area contributed by atoms with Crippen molar-refractivity contribution in [3.8, 4) is 0 Å². The molecule has 0 nitrogen and oxygen atoms in total. The summed E-state index contributed by atoms with van der Waals surface area (Å²) in [4.78, 5) is 0. The summed E-state index contributed by atoms with van der Waals surface area (Å²) in [5.41, 5.74) is -2.40. The molecule has 1 atom stereocenters. The molecule has 0 fully saturated rings. The smallest absolute Gasteiger partial charge is 0.237 e. The summed E-state index contributed by atoms with van der Waals surface area (Å²) in [6.45, 7) is 4.42. The van der Waals surface area contributed by atoms with E-state index in [9.17, 15) is 13.2 Å². The maximum absolute atomic E-state index is 13.0. The molecule has 0 rings (SSSR count). The third-order valence-corrected chi connectivity index (χ3v) is 1.94. The Morgan fingerprint density at radius 3 is 1.30 bits per heavy atom. The van der Waals surface area contributed by atoms with Crippen LogP contribution in [0.25, 0.3) is 0 Å². The lowest BCUT2D eigenvalue weighted by Gasteiger charge is -2.30. The first-order chi connectivity index (χ1) is 4.19. The molecule has 0 amide bonds. The highest BCUT2D eigenvalue weighted by Gasteiger charge is 2.48. The van der Waals surface area contributed by atoms with Gasteiger partial charge in [-0.25, -0.2) is 13.2 Å². The van der Waals surface area contributed by atoms with Crippen LogP contribution in [0.3, 0.4) is 0 Å². The molecule has 0 bridgehead atoms. The predicted molar refractivity (Wildman–Crippen MR) is 35.0 cm³/mol. The summed E-state index contributed by atoms with van der Waals surface area (Å²) in [5.74, 6) is -3.91. The van der Waals surface area contributed by atoms with Crippen LogP contribution >= 0.6 is 0 Å². The Bertz CT molecular complexity index is 111. The minimum atomic E-state index is -3.25. The van der Waals surface area contributed by atoms with Crippen LogP contribution in [0.5, 0.6) is 0 Å². The second-order valence-electron chi connectivity index (χ2n) is 3.12. The summed E-state index contributed by atoms with van der Waals surface area (Å²) < 4.78 is 37.7. The molecule has 0 aromatic heterocycles. The molecule has 0 N–H and O–H groups in total. The lowest BCUT2D eigenvalue weighted by Crippen LogP contribution is -2.43. The van der Waals surface area contributed by atoms with Crippen LogP contribution in [0, 0.1) is 5.92 Å². The lowest BCUT2D eigenvalue weighted by atomic mass is 9.89. The summed E-state index contributed by atoms with van der Waals surface area (Å²) in [5, 5.41) is 0. The van der Waals surface area contributed by atoms with Gasteiger partial charge in [-0.3, -0.25) is 0 Å². The second kappa shape index (κ2) is 2.44. The Labute approximate surface area is 59.4 Å². The fourth-order valence-electron chi connectivity index (χ4n) is 0.507. The second-order valence-corrected chi connectivity index (χ2v) is 3.12. The van der Waals surface area contributed by atoms with Crippen LogP contribution in [0.2, 0.25) is 0 Å². The van der Waals surface area contributed by atoms with E-state index in [1.54, 1.807) is 0 Å².